The lowest BCUT2D eigenvalue weighted by Crippen LogP contribution is -2.40. The summed E-state index contributed by atoms with van der Waals surface area (Å²) in [5.74, 6) is 1.64. The van der Waals surface area contributed by atoms with Crippen LogP contribution in [-0.4, -0.2) is 62.7 Å². The molecule has 2 heterocycles. The Hall–Kier alpha value is -1.50. The van der Waals surface area contributed by atoms with Gasteiger partial charge in [0.1, 0.15) is 0 Å². The monoisotopic (exact) mass is 397 g/mol. The van der Waals surface area contributed by atoms with E-state index >= 15 is 0 Å². The maximum atomic E-state index is 13.0. The van der Waals surface area contributed by atoms with Crippen molar-refractivity contribution in [1.29, 1.82) is 0 Å². The number of rotatable bonds is 6. The first kappa shape index (κ1) is 21.8. The molecule has 0 spiro atoms. The van der Waals surface area contributed by atoms with Crippen LogP contribution in [0.4, 0.5) is 0 Å². The summed E-state index contributed by atoms with van der Waals surface area (Å²) in [6, 6.07) is 6.07. The number of ether oxygens (including phenoxy) is 2. The van der Waals surface area contributed by atoms with Crippen molar-refractivity contribution in [2.45, 2.75) is 32.2 Å². The van der Waals surface area contributed by atoms with Crippen LogP contribution in [0.1, 0.15) is 37.8 Å². The van der Waals surface area contributed by atoms with Crippen molar-refractivity contribution in [2.24, 2.45) is 11.1 Å². The molecule has 1 aromatic carbocycles. The third-order valence-corrected chi connectivity index (χ3v) is 5.85. The lowest BCUT2D eigenvalue weighted by molar-refractivity contribution is -0.133. The Labute approximate surface area is 168 Å². The third-order valence-electron chi connectivity index (χ3n) is 5.85. The molecule has 2 aliphatic rings. The molecule has 2 fully saturated rings. The van der Waals surface area contributed by atoms with Crippen LogP contribution in [0.2, 0.25) is 0 Å². The van der Waals surface area contributed by atoms with E-state index in [0.29, 0.717) is 24.6 Å². The van der Waals surface area contributed by atoms with Crippen molar-refractivity contribution in [3.8, 4) is 11.5 Å². The van der Waals surface area contributed by atoms with Crippen LogP contribution in [0.3, 0.4) is 0 Å². The Balaban J connectivity index is 0.00000261. The van der Waals surface area contributed by atoms with Crippen LogP contribution in [0.5, 0.6) is 11.5 Å². The van der Waals surface area contributed by atoms with Gasteiger partial charge in [0.05, 0.1) is 26.8 Å². The Kier molecular flexibility index (Phi) is 7.37. The highest BCUT2D eigenvalue weighted by Crippen LogP contribution is 2.37. The minimum atomic E-state index is 0. The van der Waals surface area contributed by atoms with Crippen LogP contribution in [-0.2, 0) is 4.79 Å². The van der Waals surface area contributed by atoms with E-state index in [0.717, 1.165) is 44.5 Å². The average molecular weight is 398 g/mol. The zero-order valence-electron chi connectivity index (χ0n) is 16.6. The fourth-order valence-corrected chi connectivity index (χ4v) is 4.18. The number of halogens is 1. The molecule has 0 bridgehead atoms. The smallest absolute Gasteiger partial charge is 0.237 e. The minimum Gasteiger partial charge on any atom is -0.493 e. The number of likely N-dealkylation sites (tertiary alicyclic amines) is 2. The summed E-state index contributed by atoms with van der Waals surface area (Å²) in [7, 11) is 3.27. The van der Waals surface area contributed by atoms with E-state index in [1.165, 1.54) is 0 Å². The number of amides is 1. The van der Waals surface area contributed by atoms with E-state index in [9.17, 15) is 4.79 Å². The second kappa shape index (κ2) is 9.13. The highest BCUT2D eigenvalue weighted by Gasteiger charge is 2.36. The molecular weight excluding hydrogens is 366 g/mol. The van der Waals surface area contributed by atoms with Gasteiger partial charge in [-0.05, 0) is 55.5 Å². The van der Waals surface area contributed by atoms with E-state index in [2.05, 4.69) is 11.8 Å². The topological polar surface area (TPSA) is 68.0 Å². The van der Waals surface area contributed by atoms with Gasteiger partial charge in [0.2, 0.25) is 5.91 Å². The van der Waals surface area contributed by atoms with Crippen LogP contribution in [0.15, 0.2) is 18.2 Å². The summed E-state index contributed by atoms with van der Waals surface area (Å²) in [5, 5.41) is 0. The third kappa shape index (κ3) is 4.68. The van der Waals surface area contributed by atoms with E-state index in [1.54, 1.807) is 14.2 Å². The molecule has 0 aliphatic carbocycles. The summed E-state index contributed by atoms with van der Waals surface area (Å²) in [6.07, 6.45) is 3.09. The quantitative estimate of drug-likeness (QED) is 0.798. The van der Waals surface area contributed by atoms with Crippen molar-refractivity contribution in [3.05, 3.63) is 23.8 Å². The zero-order chi connectivity index (χ0) is 18.7. The summed E-state index contributed by atoms with van der Waals surface area (Å²) < 4.78 is 10.8. The number of carbonyl (C=O) groups excluding carboxylic acids is 1. The molecule has 2 atom stereocenters. The normalized spacial score (nSPS) is 25.3. The van der Waals surface area contributed by atoms with Crippen molar-refractivity contribution < 1.29 is 14.3 Å². The predicted molar refractivity (Wildman–Crippen MR) is 109 cm³/mol. The maximum absolute atomic E-state index is 13.0. The van der Waals surface area contributed by atoms with Crippen LogP contribution < -0.4 is 15.2 Å². The highest BCUT2D eigenvalue weighted by molar-refractivity contribution is 5.85. The molecule has 3 rings (SSSR count). The van der Waals surface area contributed by atoms with Crippen LogP contribution in [0, 0.1) is 5.41 Å². The van der Waals surface area contributed by atoms with Crippen molar-refractivity contribution in [2.75, 3.05) is 46.9 Å². The van der Waals surface area contributed by atoms with E-state index < -0.39 is 0 Å². The molecule has 27 heavy (non-hydrogen) atoms. The number of nitrogens with zero attached hydrogens (tertiary/aromatic N) is 2. The zero-order valence-corrected chi connectivity index (χ0v) is 17.4. The number of benzene rings is 1. The molecule has 2 N–H and O–H groups in total. The van der Waals surface area contributed by atoms with Crippen molar-refractivity contribution in [3.63, 3.8) is 0 Å². The van der Waals surface area contributed by atoms with E-state index in [1.807, 2.05) is 23.1 Å². The van der Waals surface area contributed by atoms with Gasteiger partial charge < -0.3 is 20.1 Å². The molecule has 2 unspecified atom stereocenters. The van der Waals surface area contributed by atoms with E-state index in [4.69, 9.17) is 15.2 Å². The van der Waals surface area contributed by atoms with Gasteiger partial charge in [-0.15, -0.1) is 12.4 Å². The number of methoxy groups -OCH3 is 2. The SMILES string of the molecule is COc1ccc(C2CCCN2C(=O)CN2CCC(C)(CN)C2)cc1OC.Cl. The Morgan fingerprint density at radius 1 is 1.26 bits per heavy atom. The van der Waals surface area contributed by atoms with Gasteiger partial charge >= 0.3 is 0 Å². The molecular formula is C20H32ClN3O3. The molecule has 7 heteroatoms. The first-order valence-corrected chi connectivity index (χ1v) is 9.43. The van der Waals surface area contributed by atoms with Gasteiger partial charge in [0.25, 0.3) is 0 Å². The largest absolute Gasteiger partial charge is 0.493 e. The molecule has 0 aromatic heterocycles. The maximum Gasteiger partial charge on any atom is 0.237 e. The predicted octanol–water partition coefficient (Wildman–Crippen LogP) is 2.46. The Morgan fingerprint density at radius 2 is 2.00 bits per heavy atom. The summed E-state index contributed by atoms with van der Waals surface area (Å²) in [4.78, 5) is 17.2. The Bertz CT molecular complexity index is 657. The average Bonchev–Trinajstić information content (AvgIpc) is 3.28. The Morgan fingerprint density at radius 3 is 2.63 bits per heavy atom. The molecule has 152 valence electrons. The lowest BCUT2D eigenvalue weighted by atomic mass is 9.90. The van der Waals surface area contributed by atoms with Crippen molar-refractivity contribution in [1.82, 2.24) is 9.80 Å². The fourth-order valence-electron chi connectivity index (χ4n) is 4.18. The van der Waals surface area contributed by atoms with Gasteiger partial charge in [0, 0.05) is 13.1 Å². The fraction of sp³-hybridized carbons (Fsp3) is 0.650. The number of carbonyl (C=O) groups is 1. The number of nitrogens with two attached hydrogens (primary N) is 1. The minimum absolute atomic E-state index is 0. The van der Waals surface area contributed by atoms with Gasteiger partial charge in [-0.1, -0.05) is 13.0 Å². The molecule has 2 saturated heterocycles. The van der Waals surface area contributed by atoms with E-state index in [-0.39, 0.29) is 29.8 Å². The van der Waals surface area contributed by atoms with Crippen LogP contribution >= 0.6 is 12.4 Å². The molecule has 0 saturated carbocycles. The number of hydrogen-bond acceptors (Lipinski definition) is 5. The van der Waals surface area contributed by atoms with Crippen LogP contribution in [0.25, 0.3) is 0 Å². The van der Waals surface area contributed by atoms with Gasteiger partial charge in [-0.25, -0.2) is 0 Å². The summed E-state index contributed by atoms with van der Waals surface area (Å²) in [5.41, 5.74) is 7.15. The molecule has 6 nitrogen and oxygen atoms in total. The first-order valence-electron chi connectivity index (χ1n) is 9.43. The second-order valence-corrected chi connectivity index (χ2v) is 7.84. The van der Waals surface area contributed by atoms with Gasteiger partial charge in [0.15, 0.2) is 11.5 Å². The summed E-state index contributed by atoms with van der Waals surface area (Å²) in [6.45, 7) is 6.05. The molecule has 1 amide bonds. The molecule has 0 radical (unpaired) electrons. The highest BCUT2D eigenvalue weighted by atomic mass is 35.5. The van der Waals surface area contributed by atoms with Gasteiger partial charge in [-0.2, -0.15) is 0 Å². The number of hydrogen-bond donors (Lipinski definition) is 1. The standard InChI is InChI=1S/C20H31N3O3.ClH/c1-20(13-21)8-10-22(14-20)12-19(24)23-9-4-5-16(23)15-6-7-17(25-2)18(11-15)26-3;/h6-7,11,16H,4-5,8-10,12-14,21H2,1-3H3;1H. The summed E-state index contributed by atoms with van der Waals surface area (Å²) >= 11 is 0. The van der Waals surface area contributed by atoms with Gasteiger partial charge in [-0.3, -0.25) is 9.69 Å². The van der Waals surface area contributed by atoms with Crippen molar-refractivity contribution >= 4 is 18.3 Å². The molecule has 2 aliphatic heterocycles. The molecule has 1 aromatic rings. The second-order valence-electron chi connectivity index (χ2n) is 7.84. The first-order chi connectivity index (χ1) is 12.5. The lowest BCUT2D eigenvalue weighted by Gasteiger charge is -2.28.